The summed E-state index contributed by atoms with van der Waals surface area (Å²) in [6.45, 7) is 3.99. The Hall–Kier alpha value is -2.91. The van der Waals surface area contributed by atoms with Crippen LogP contribution >= 0.6 is 0 Å². The molecule has 0 aromatic carbocycles. The molecule has 3 heterocycles. The summed E-state index contributed by atoms with van der Waals surface area (Å²) >= 11 is 0. The molecule has 29 heavy (non-hydrogen) atoms. The molecular formula is C19H29N9O. The Kier molecular flexibility index (Phi) is 5.50. The van der Waals surface area contributed by atoms with Gasteiger partial charge in [-0.2, -0.15) is 5.10 Å². The molecule has 1 aliphatic carbocycles. The molecule has 10 heteroatoms. The predicted molar refractivity (Wildman–Crippen MR) is 109 cm³/mol. The molecular weight excluding hydrogens is 370 g/mol. The summed E-state index contributed by atoms with van der Waals surface area (Å²) in [4.78, 5) is 21.5. The highest BCUT2D eigenvalue weighted by Gasteiger charge is 2.29. The Morgan fingerprint density at radius 3 is 2.66 bits per heavy atom. The normalized spacial score (nSPS) is 18.7. The van der Waals surface area contributed by atoms with Crippen molar-refractivity contribution in [2.24, 2.45) is 19.1 Å². The molecule has 2 aromatic heterocycles. The van der Waals surface area contributed by atoms with E-state index in [0.29, 0.717) is 25.7 Å². The molecule has 1 saturated heterocycles. The molecule has 4 rings (SSSR count). The van der Waals surface area contributed by atoms with E-state index in [9.17, 15) is 4.79 Å². The molecule has 0 bridgehead atoms. The molecule has 2 fully saturated rings. The first-order valence-electron chi connectivity index (χ1n) is 10.2. The van der Waals surface area contributed by atoms with Gasteiger partial charge in [0.1, 0.15) is 18.9 Å². The highest BCUT2D eigenvalue weighted by molar-refractivity contribution is 5.98. The fraction of sp³-hybridized carbons (Fsp3) is 0.632. The fourth-order valence-corrected chi connectivity index (χ4v) is 3.90. The number of nitrogens with one attached hydrogen (secondary N) is 1. The van der Waals surface area contributed by atoms with Crippen molar-refractivity contribution in [1.82, 2.24) is 34.8 Å². The number of amides is 1. The van der Waals surface area contributed by atoms with Gasteiger partial charge in [-0.15, -0.1) is 10.2 Å². The Balaban J connectivity index is 1.49. The zero-order valence-electron chi connectivity index (χ0n) is 17.4. The molecule has 156 valence electrons. The summed E-state index contributed by atoms with van der Waals surface area (Å²) in [5.74, 6) is 2.52. The van der Waals surface area contributed by atoms with Crippen molar-refractivity contribution in [3.63, 3.8) is 0 Å². The molecule has 2 aromatic rings. The number of hydrogen-bond donors (Lipinski definition) is 1. The van der Waals surface area contributed by atoms with Gasteiger partial charge in [-0.3, -0.25) is 9.48 Å². The number of hydrogen-bond acceptors (Lipinski definition) is 5. The first-order chi connectivity index (χ1) is 14.0. The SMILES string of the molecule is Cc1nnc(CN=C(NC2CCCC2)N2CCN(c3cnn(C)c3)C(=O)C2)n1C. The summed E-state index contributed by atoms with van der Waals surface area (Å²) in [5.41, 5.74) is 0.842. The van der Waals surface area contributed by atoms with E-state index in [1.807, 2.05) is 31.8 Å². The lowest BCUT2D eigenvalue weighted by Gasteiger charge is -2.36. The zero-order valence-corrected chi connectivity index (χ0v) is 17.4. The number of nitrogens with zero attached hydrogens (tertiary/aromatic N) is 8. The van der Waals surface area contributed by atoms with E-state index < -0.39 is 0 Å². The van der Waals surface area contributed by atoms with Crippen LogP contribution in [0.25, 0.3) is 0 Å². The first kappa shape index (κ1) is 19.4. The smallest absolute Gasteiger partial charge is 0.246 e. The van der Waals surface area contributed by atoms with Gasteiger partial charge in [0.15, 0.2) is 11.8 Å². The summed E-state index contributed by atoms with van der Waals surface area (Å²) in [5, 5.41) is 16.1. The largest absolute Gasteiger partial charge is 0.353 e. The van der Waals surface area contributed by atoms with Crippen LogP contribution in [-0.2, 0) is 25.4 Å². The van der Waals surface area contributed by atoms with Gasteiger partial charge in [-0.25, -0.2) is 4.99 Å². The number of carbonyl (C=O) groups excluding carboxylic acids is 1. The van der Waals surface area contributed by atoms with Crippen LogP contribution in [0.3, 0.4) is 0 Å². The van der Waals surface area contributed by atoms with E-state index in [1.165, 1.54) is 12.8 Å². The Bertz CT molecular complexity index is 893. The third-order valence-electron chi connectivity index (χ3n) is 5.76. The topological polar surface area (TPSA) is 96.5 Å². The van der Waals surface area contributed by atoms with Gasteiger partial charge in [0.05, 0.1) is 11.9 Å². The maximum Gasteiger partial charge on any atom is 0.246 e. The van der Waals surface area contributed by atoms with Crippen LogP contribution in [0.1, 0.15) is 37.3 Å². The van der Waals surface area contributed by atoms with Crippen molar-refractivity contribution >= 4 is 17.6 Å². The van der Waals surface area contributed by atoms with Crippen molar-refractivity contribution in [3.05, 3.63) is 24.0 Å². The minimum absolute atomic E-state index is 0.0553. The second-order valence-corrected chi connectivity index (χ2v) is 7.83. The first-order valence-corrected chi connectivity index (χ1v) is 10.2. The number of carbonyl (C=O) groups is 1. The molecule has 0 radical (unpaired) electrons. The Labute approximate surface area is 170 Å². The summed E-state index contributed by atoms with van der Waals surface area (Å²) in [6, 6.07) is 0.418. The van der Waals surface area contributed by atoms with Crippen LogP contribution in [-0.4, -0.2) is 67.0 Å². The van der Waals surface area contributed by atoms with Gasteiger partial charge in [0, 0.05) is 39.4 Å². The van der Waals surface area contributed by atoms with Crippen LogP contribution < -0.4 is 10.2 Å². The van der Waals surface area contributed by atoms with Crippen molar-refractivity contribution in [2.75, 3.05) is 24.5 Å². The lowest BCUT2D eigenvalue weighted by molar-refractivity contribution is -0.120. The van der Waals surface area contributed by atoms with Crippen molar-refractivity contribution in [2.45, 2.75) is 45.2 Å². The van der Waals surface area contributed by atoms with Crippen molar-refractivity contribution in [3.8, 4) is 0 Å². The number of anilines is 1. The number of rotatable bonds is 4. The molecule has 1 aliphatic heterocycles. The minimum atomic E-state index is 0.0553. The van der Waals surface area contributed by atoms with Crippen molar-refractivity contribution < 1.29 is 4.79 Å². The van der Waals surface area contributed by atoms with Crippen LogP contribution in [0, 0.1) is 6.92 Å². The van der Waals surface area contributed by atoms with E-state index in [2.05, 4.69) is 25.5 Å². The minimum Gasteiger partial charge on any atom is -0.353 e. The monoisotopic (exact) mass is 399 g/mol. The van der Waals surface area contributed by atoms with E-state index in [1.54, 1.807) is 15.8 Å². The van der Waals surface area contributed by atoms with Crippen LogP contribution in [0.4, 0.5) is 5.69 Å². The lowest BCUT2D eigenvalue weighted by atomic mass is 10.2. The highest BCUT2D eigenvalue weighted by atomic mass is 16.2. The van der Waals surface area contributed by atoms with Gasteiger partial charge in [0.2, 0.25) is 5.91 Å². The van der Waals surface area contributed by atoms with E-state index in [-0.39, 0.29) is 5.91 Å². The number of aryl methyl sites for hydroxylation is 2. The molecule has 10 nitrogen and oxygen atoms in total. The third kappa shape index (κ3) is 4.25. The van der Waals surface area contributed by atoms with Gasteiger partial charge in [-0.05, 0) is 19.8 Å². The van der Waals surface area contributed by atoms with E-state index in [0.717, 1.165) is 42.7 Å². The predicted octanol–water partition coefficient (Wildman–Crippen LogP) is 0.594. The lowest BCUT2D eigenvalue weighted by Crippen LogP contribution is -2.56. The number of aliphatic imine (C=N–C) groups is 1. The number of piperazine rings is 1. The average Bonchev–Trinajstić information content (AvgIpc) is 3.43. The second-order valence-electron chi connectivity index (χ2n) is 7.83. The molecule has 1 N–H and O–H groups in total. The standard InChI is InChI=1S/C19H29N9O/c1-14-23-24-17(26(14)3)11-20-19(22-15-6-4-5-7-15)27-8-9-28(18(29)13-27)16-10-21-25(2)12-16/h10,12,15H,4-9,11,13H2,1-3H3,(H,20,22). The van der Waals surface area contributed by atoms with Gasteiger partial charge < -0.3 is 19.7 Å². The summed E-state index contributed by atoms with van der Waals surface area (Å²) in [6.07, 6.45) is 8.37. The molecule has 1 saturated carbocycles. The van der Waals surface area contributed by atoms with Crippen LogP contribution in [0.2, 0.25) is 0 Å². The van der Waals surface area contributed by atoms with E-state index in [4.69, 9.17) is 4.99 Å². The second kappa shape index (κ2) is 8.22. The summed E-state index contributed by atoms with van der Waals surface area (Å²) in [7, 11) is 3.80. The van der Waals surface area contributed by atoms with Gasteiger partial charge in [-0.1, -0.05) is 12.8 Å². The molecule has 0 atom stereocenters. The maximum absolute atomic E-state index is 12.8. The number of guanidine groups is 1. The molecule has 1 amide bonds. The highest BCUT2D eigenvalue weighted by Crippen LogP contribution is 2.19. The Morgan fingerprint density at radius 1 is 1.24 bits per heavy atom. The average molecular weight is 400 g/mol. The van der Waals surface area contributed by atoms with E-state index >= 15 is 0 Å². The Morgan fingerprint density at radius 2 is 2.03 bits per heavy atom. The fourth-order valence-electron chi connectivity index (χ4n) is 3.90. The van der Waals surface area contributed by atoms with Gasteiger partial charge >= 0.3 is 0 Å². The van der Waals surface area contributed by atoms with Crippen molar-refractivity contribution in [1.29, 1.82) is 0 Å². The van der Waals surface area contributed by atoms with Crippen LogP contribution in [0.15, 0.2) is 17.4 Å². The third-order valence-corrected chi connectivity index (χ3v) is 5.76. The zero-order chi connectivity index (χ0) is 20.4. The molecule has 2 aliphatic rings. The number of aromatic nitrogens is 5. The molecule has 0 unspecified atom stereocenters. The maximum atomic E-state index is 12.8. The van der Waals surface area contributed by atoms with Crippen LogP contribution in [0.5, 0.6) is 0 Å². The summed E-state index contributed by atoms with van der Waals surface area (Å²) < 4.78 is 3.66. The van der Waals surface area contributed by atoms with Gasteiger partial charge in [0.25, 0.3) is 0 Å². The molecule has 0 spiro atoms. The quantitative estimate of drug-likeness (QED) is 0.597.